The van der Waals surface area contributed by atoms with Crippen LogP contribution in [-0.2, 0) is 9.59 Å². The van der Waals surface area contributed by atoms with Gasteiger partial charge in [0.15, 0.2) is 0 Å². The maximum atomic E-state index is 11.8. The van der Waals surface area contributed by atoms with E-state index in [-0.39, 0.29) is 23.1 Å². The Morgan fingerprint density at radius 2 is 1.88 bits per heavy atom. The molecule has 4 unspecified atom stereocenters. The van der Waals surface area contributed by atoms with E-state index in [0.29, 0.717) is 18.3 Å². The minimum Gasteiger partial charge on any atom is -0.296 e. The third-order valence-electron chi connectivity index (χ3n) is 4.81. The second-order valence-electron chi connectivity index (χ2n) is 5.83. The van der Waals surface area contributed by atoms with Crippen molar-refractivity contribution in [1.82, 2.24) is 5.32 Å². The Labute approximate surface area is 97.0 Å². The molecule has 1 saturated heterocycles. The average Bonchev–Trinajstić information content (AvgIpc) is 2.20. The first kappa shape index (κ1) is 11.6. The minimum atomic E-state index is -0.0796. The zero-order valence-electron chi connectivity index (χ0n) is 10.4. The van der Waals surface area contributed by atoms with Gasteiger partial charge in [-0.3, -0.25) is 14.9 Å². The van der Waals surface area contributed by atoms with Gasteiger partial charge < -0.3 is 0 Å². The molecule has 4 atom stereocenters. The van der Waals surface area contributed by atoms with E-state index in [4.69, 9.17) is 0 Å². The smallest absolute Gasteiger partial charge is 0.229 e. The van der Waals surface area contributed by atoms with Crippen LogP contribution in [0.4, 0.5) is 0 Å². The van der Waals surface area contributed by atoms with Crippen molar-refractivity contribution in [2.24, 2.45) is 23.2 Å². The van der Waals surface area contributed by atoms with Crippen LogP contribution in [0.15, 0.2) is 0 Å². The molecule has 0 bridgehead atoms. The van der Waals surface area contributed by atoms with Crippen molar-refractivity contribution in [2.75, 3.05) is 0 Å². The van der Waals surface area contributed by atoms with Crippen molar-refractivity contribution in [3.8, 4) is 0 Å². The van der Waals surface area contributed by atoms with Crippen molar-refractivity contribution < 1.29 is 9.59 Å². The SMILES string of the molecule is CC1CCC(C)C2(CC(=O)NC(=O)C2C)C1. The lowest BCUT2D eigenvalue weighted by Gasteiger charge is -2.50. The van der Waals surface area contributed by atoms with Gasteiger partial charge in [-0.15, -0.1) is 0 Å². The van der Waals surface area contributed by atoms with Gasteiger partial charge in [0.05, 0.1) is 0 Å². The van der Waals surface area contributed by atoms with Crippen molar-refractivity contribution in [3.63, 3.8) is 0 Å². The number of hydrogen-bond donors (Lipinski definition) is 1. The summed E-state index contributed by atoms with van der Waals surface area (Å²) < 4.78 is 0. The molecule has 2 aliphatic rings. The number of hydrogen-bond acceptors (Lipinski definition) is 2. The first-order valence-corrected chi connectivity index (χ1v) is 6.29. The topological polar surface area (TPSA) is 46.2 Å². The van der Waals surface area contributed by atoms with Crippen LogP contribution in [0.1, 0.15) is 46.5 Å². The van der Waals surface area contributed by atoms with Crippen molar-refractivity contribution in [2.45, 2.75) is 46.5 Å². The van der Waals surface area contributed by atoms with E-state index in [1.165, 1.54) is 6.42 Å². The standard InChI is InChI=1S/C13H21NO2/c1-8-4-5-9(2)13(6-8)7-11(15)14-12(16)10(13)3/h8-10H,4-7H2,1-3H3,(H,14,15,16). The van der Waals surface area contributed by atoms with E-state index in [1.54, 1.807) is 0 Å². The molecule has 90 valence electrons. The van der Waals surface area contributed by atoms with Crippen LogP contribution in [0.3, 0.4) is 0 Å². The molecular formula is C13H21NO2. The molecular weight excluding hydrogens is 202 g/mol. The Morgan fingerprint density at radius 3 is 2.56 bits per heavy atom. The first-order valence-electron chi connectivity index (χ1n) is 6.29. The highest BCUT2D eigenvalue weighted by molar-refractivity contribution is 5.99. The molecule has 2 amide bonds. The van der Waals surface area contributed by atoms with E-state index in [0.717, 1.165) is 12.8 Å². The van der Waals surface area contributed by atoms with Gasteiger partial charge in [-0.25, -0.2) is 0 Å². The van der Waals surface area contributed by atoms with E-state index in [1.807, 2.05) is 6.92 Å². The lowest BCUT2D eigenvalue weighted by molar-refractivity contribution is -0.148. The number of carbonyl (C=O) groups is 2. The molecule has 0 radical (unpaired) electrons. The summed E-state index contributed by atoms with van der Waals surface area (Å²) in [5, 5.41) is 2.46. The van der Waals surface area contributed by atoms with Gasteiger partial charge in [-0.2, -0.15) is 0 Å². The molecule has 3 heteroatoms. The molecule has 0 aromatic carbocycles. The fourth-order valence-corrected chi connectivity index (χ4v) is 3.63. The molecule has 1 saturated carbocycles. The van der Waals surface area contributed by atoms with Crippen molar-refractivity contribution in [1.29, 1.82) is 0 Å². The molecule has 1 aliphatic carbocycles. The maximum absolute atomic E-state index is 11.8. The highest BCUT2D eigenvalue weighted by Crippen LogP contribution is 2.52. The monoisotopic (exact) mass is 223 g/mol. The summed E-state index contributed by atoms with van der Waals surface area (Å²) in [4.78, 5) is 23.4. The molecule has 1 aliphatic heterocycles. The lowest BCUT2D eigenvalue weighted by Crippen LogP contribution is -2.55. The summed E-state index contributed by atoms with van der Waals surface area (Å²) in [7, 11) is 0. The quantitative estimate of drug-likeness (QED) is 0.639. The van der Waals surface area contributed by atoms with E-state index < -0.39 is 0 Å². The molecule has 2 fully saturated rings. The van der Waals surface area contributed by atoms with Crippen LogP contribution in [0.2, 0.25) is 0 Å². The molecule has 0 aromatic heterocycles. The Kier molecular flexibility index (Phi) is 2.81. The molecule has 0 aromatic rings. The zero-order valence-corrected chi connectivity index (χ0v) is 10.4. The number of imide groups is 1. The molecule has 1 N–H and O–H groups in total. The van der Waals surface area contributed by atoms with Crippen LogP contribution in [0.5, 0.6) is 0 Å². The predicted octanol–water partition coefficient (Wildman–Crippen LogP) is 2.11. The fourth-order valence-electron chi connectivity index (χ4n) is 3.63. The van der Waals surface area contributed by atoms with E-state index in [9.17, 15) is 9.59 Å². The summed E-state index contributed by atoms with van der Waals surface area (Å²) in [6, 6.07) is 0. The summed E-state index contributed by atoms with van der Waals surface area (Å²) in [5.74, 6) is 0.940. The average molecular weight is 223 g/mol. The Hall–Kier alpha value is -0.860. The Balaban J connectivity index is 2.32. The summed E-state index contributed by atoms with van der Waals surface area (Å²) >= 11 is 0. The zero-order chi connectivity index (χ0) is 11.9. The van der Waals surface area contributed by atoms with Crippen LogP contribution >= 0.6 is 0 Å². The number of amides is 2. The van der Waals surface area contributed by atoms with Crippen LogP contribution in [0.25, 0.3) is 0 Å². The minimum absolute atomic E-state index is 0.0250. The highest BCUT2D eigenvalue weighted by Gasteiger charge is 2.51. The molecule has 2 rings (SSSR count). The third kappa shape index (κ3) is 1.66. The summed E-state index contributed by atoms with van der Waals surface area (Å²) in [6.07, 6.45) is 3.93. The Bertz CT molecular complexity index is 326. The Morgan fingerprint density at radius 1 is 1.19 bits per heavy atom. The van der Waals surface area contributed by atoms with Gasteiger partial charge in [-0.1, -0.05) is 27.2 Å². The summed E-state index contributed by atoms with van der Waals surface area (Å²) in [5.41, 5.74) is -0.0723. The van der Waals surface area contributed by atoms with Gasteiger partial charge in [-0.05, 0) is 30.1 Å². The number of nitrogens with one attached hydrogen (secondary N) is 1. The van der Waals surface area contributed by atoms with Crippen molar-refractivity contribution >= 4 is 11.8 Å². The van der Waals surface area contributed by atoms with E-state index >= 15 is 0 Å². The second kappa shape index (κ2) is 3.86. The van der Waals surface area contributed by atoms with Crippen LogP contribution in [0, 0.1) is 23.2 Å². The number of carbonyl (C=O) groups excluding carboxylic acids is 2. The van der Waals surface area contributed by atoms with Gasteiger partial charge in [0.25, 0.3) is 0 Å². The fraction of sp³-hybridized carbons (Fsp3) is 0.846. The second-order valence-corrected chi connectivity index (χ2v) is 5.83. The summed E-state index contributed by atoms with van der Waals surface area (Å²) in [6.45, 7) is 6.42. The van der Waals surface area contributed by atoms with Crippen LogP contribution < -0.4 is 5.32 Å². The van der Waals surface area contributed by atoms with Gasteiger partial charge >= 0.3 is 0 Å². The lowest BCUT2D eigenvalue weighted by atomic mass is 9.55. The largest absolute Gasteiger partial charge is 0.296 e. The maximum Gasteiger partial charge on any atom is 0.229 e. The molecule has 1 heterocycles. The number of rotatable bonds is 0. The number of piperidine rings is 1. The highest BCUT2D eigenvalue weighted by atomic mass is 16.2. The predicted molar refractivity (Wildman–Crippen MR) is 61.5 cm³/mol. The van der Waals surface area contributed by atoms with Crippen molar-refractivity contribution in [3.05, 3.63) is 0 Å². The molecule has 1 spiro atoms. The molecule has 3 nitrogen and oxygen atoms in total. The first-order chi connectivity index (χ1) is 7.45. The van der Waals surface area contributed by atoms with Gasteiger partial charge in [0.1, 0.15) is 0 Å². The molecule has 16 heavy (non-hydrogen) atoms. The van der Waals surface area contributed by atoms with Gasteiger partial charge in [0, 0.05) is 12.3 Å². The third-order valence-corrected chi connectivity index (χ3v) is 4.81. The van der Waals surface area contributed by atoms with Gasteiger partial charge in [0.2, 0.25) is 11.8 Å². The normalized spacial score (nSPS) is 44.6. The van der Waals surface area contributed by atoms with Crippen LogP contribution in [-0.4, -0.2) is 11.8 Å². The van der Waals surface area contributed by atoms with E-state index in [2.05, 4.69) is 19.2 Å².